The van der Waals surface area contributed by atoms with Gasteiger partial charge in [0.2, 0.25) is 0 Å². The third-order valence-corrected chi connectivity index (χ3v) is 2.97. The van der Waals surface area contributed by atoms with Gasteiger partial charge in [-0.15, -0.1) is 0 Å². The number of hydrogen-bond donors (Lipinski definition) is 1. The summed E-state index contributed by atoms with van der Waals surface area (Å²) in [7, 11) is 0. The van der Waals surface area contributed by atoms with Gasteiger partial charge in [0.05, 0.1) is 0 Å². The highest BCUT2D eigenvalue weighted by Crippen LogP contribution is 2.11. The molecule has 0 heterocycles. The van der Waals surface area contributed by atoms with Crippen LogP contribution >= 0.6 is 0 Å². The van der Waals surface area contributed by atoms with Crippen LogP contribution in [-0.4, -0.2) is 12.1 Å². The number of rotatable bonds is 8. The molecule has 86 valence electrons. The highest BCUT2D eigenvalue weighted by Gasteiger charge is 2.15. The van der Waals surface area contributed by atoms with Crippen molar-refractivity contribution in [1.29, 1.82) is 0 Å². The van der Waals surface area contributed by atoms with Crippen molar-refractivity contribution in [3.63, 3.8) is 0 Å². The smallest absolute Gasteiger partial charge is 0.00900 e. The Kier molecular flexibility index (Phi) is 8.26. The summed E-state index contributed by atoms with van der Waals surface area (Å²) in [6.07, 6.45) is 6.51. The molecule has 0 amide bonds. The second-order valence-corrected chi connectivity index (χ2v) is 4.70. The van der Waals surface area contributed by atoms with Gasteiger partial charge in [0.25, 0.3) is 0 Å². The molecule has 0 fully saturated rings. The Bertz CT molecular complexity index is 114. The fourth-order valence-electron chi connectivity index (χ4n) is 2.09. The summed E-state index contributed by atoms with van der Waals surface area (Å²) in [5.74, 6) is 0.760. The van der Waals surface area contributed by atoms with Crippen molar-refractivity contribution in [2.75, 3.05) is 0 Å². The van der Waals surface area contributed by atoms with Crippen LogP contribution < -0.4 is 5.32 Å². The van der Waals surface area contributed by atoms with Gasteiger partial charge in [-0.2, -0.15) is 0 Å². The van der Waals surface area contributed by atoms with Crippen LogP contribution in [0.25, 0.3) is 0 Å². The van der Waals surface area contributed by atoms with Gasteiger partial charge in [-0.05, 0) is 25.2 Å². The second-order valence-electron chi connectivity index (χ2n) is 4.70. The fourth-order valence-corrected chi connectivity index (χ4v) is 2.09. The molecule has 0 saturated heterocycles. The van der Waals surface area contributed by atoms with Crippen LogP contribution in [0.3, 0.4) is 0 Å². The summed E-state index contributed by atoms with van der Waals surface area (Å²) in [5.41, 5.74) is 0. The van der Waals surface area contributed by atoms with Crippen molar-refractivity contribution in [3.8, 4) is 0 Å². The molecule has 0 aliphatic rings. The summed E-state index contributed by atoms with van der Waals surface area (Å²) >= 11 is 0. The van der Waals surface area contributed by atoms with Crippen LogP contribution in [0.2, 0.25) is 0 Å². The monoisotopic (exact) mass is 199 g/mol. The predicted octanol–water partition coefficient (Wildman–Crippen LogP) is 3.98. The van der Waals surface area contributed by atoms with Gasteiger partial charge >= 0.3 is 0 Å². The van der Waals surface area contributed by atoms with Crippen LogP contribution in [0, 0.1) is 5.92 Å². The van der Waals surface area contributed by atoms with E-state index in [-0.39, 0.29) is 0 Å². The lowest BCUT2D eigenvalue weighted by Gasteiger charge is -2.27. The molecule has 1 atom stereocenters. The quantitative estimate of drug-likeness (QED) is 0.623. The first-order valence-electron chi connectivity index (χ1n) is 6.41. The largest absolute Gasteiger partial charge is 0.311 e. The van der Waals surface area contributed by atoms with Crippen LogP contribution in [0.1, 0.15) is 66.7 Å². The molecule has 0 radical (unpaired) electrons. The van der Waals surface area contributed by atoms with Crippen molar-refractivity contribution in [2.45, 2.75) is 78.8 Å². The zero-order chi connectivity index (χ0) is 11.0. The Balaban J connectivity index is 3.96. The molecule has 0 saturated carbocycles. The average Bonchev–Trinajstić information content (AvgIpc) is 2.14. The lowest BCUT2D eigenvalue weighted by atomic mass is 9.98. The predicted molar refractivity (Wildman–Crippen MR) is 65.7 cm³/mol. The van der Waals surface area contributed by atoms with Crippen molar-refractivity contribution in [2.24, 2.45) is 5.92 Å². The maximum absolute atomic E-state index is 3.81. The lowest BCUT2D eigenvalue weighted by molar-refractivity contribution is 0.319. The summed E-state index contributed by atoms with van der Waals surface area (Å²) in [4.78, 5) is 0. The molecule has 0 aromatic rings. The van der Waals surface area contributed by atoms with Gasteiger partial charge in [0, 0.05) is 12.1 Å². The summed E-state index contributed by atoms with van der Waals surface area (Å²) in [5, 5.41) is 3.81. The third kappa shape index (κ3) is 5.64. The van der Waals surface area contributed by atoms with Gasteiger partial charge < -0.3 is 5.32 Å². The highest BCUT2D eigenvalue weighted by atomic mass is 14.9. The third-order valence-electron chi connectivity index (χ3n) is 2.97. The van der Waals surface area contributed by atoms with Crippen molar-refractivity contribution >= 4 is 0 Å². The molecule has 1 N–H and O–H groups in total. The molecule has 0 rings (SSSR count). The van der Waals surface area contributed by atoms with Crippen LogP contribution in [0.4, 0.5) is 0 Å². The minimum atomic E-state index is 0.707. The highest BCUT2D eigenvalue weighted by molar-refractivity contribution is 4.75. The molecule has 1 unspecified atom stereocenters. The Morgan fingerprint density at radius 1 is 0.929 bits per heavy atom. The molecule has 0 aliphatic carbocycles. The Hall–Kier alpha value is -0.0400. The maximum Gasteiger partial charge on any atom is 0.00900 e. The SMILES string of the molecule is CCCC(CCC)NC(CC)C(C)C. The fraction of sp³-hybridized carbons (Fsp3) is 1.00. The van der Waals surface area contributed by atoms with E-state index < -0.39 is 0 Å². The lowest BCUT2D eigenvalue weighted by Crippen LogP contribution is -2.41. The van der Waals surface area contributed by atoms with E-state index >= 15 is 0 Å². The minimum Gasteiger partial charge on any atom is -0.311 e. The topological polar surface area (TPSA) is 12.0 Å². The van der Waals surface area contributed by atoms with Gasteiger partial charge in [-0.25, -0.2) is 0 Å². The van der Waals surface area contributed by atoms with Crippen molar-refractivity contribution in [3.05, 3.63) is 0 Å². The van der Waals surface area contributed by atoms with Crippen LogP contribution in [0.15, 0.2) is 0 Å². The first-order valence-corrected chi connectivity index (χ1v) is 6.41. The second kappa shape index (κ2) is 8.28. The molecule has 0 aliphatic heterocycles. The molecular weight excluding hydrogens is 170 g/mol. The van der Waals surface area contributed by atoms with E-state index in [0.717, 1.165) is 12.0 Å². The van der Waals surface area contributed by atoms with Crippen molar-refractivity contribution < 1.29 is 0 Å². The zero-order valence-electron chi connectivity index (χ0n) is 10.8. The van der Waals surface area contributed by atoms with E-state index in [9.17, 15) is 0 Å². The molecule has 0 bridgehead atoms. The van der Waals surface area contributed by atoms with Gasteiger partial charge in [0.1, 0.15) is 0 Å². The van der Waals surface area contributed by atoms with E-state index in [1.54, 1.807) is 0 Å². The van der Waals surface area contributed by atoms with Crippen LogP contribution in [-0.2, 0) is 0 Å². The number of hydrogen-bond acceptors (Lipinski definition) is 1. The molecular formula is C13H29N. The van der Waals surface area contributed by atoms with E-state index in [1.165, 1.54) is 32.1 Å². The molecule has 0 aromatic heterocycles. The number of nitrogens with one attached hydrogen (secondary N) is 1. The molecule has 1 heteroatoms. The Morgan fingerprint density at radius 2 is 1.43 bits per heavy atom. The summed E-state index contributed by atoms with van der Waals surface area (Å²) in [6, 6.07) is 1.45. The standard InChI is InChI=1S/C13H29N/c1-6-9-12(10-7-2)14-13(8-3)11(4)5/h11-14H,6-10H2,1-5H3. The molecule has 1 nitrogen and oxygen atoms in total. The Morgan fingerprint density at radius 3 is 1.71 bits per heavy atom. The van der Waals surface area contributed by atoms with E-state index in [4.69, 9.17) is 0 Å². The van der Waals surface area contributed by atoms with Crippen molar-refractivity contribution in [1.82, 2.24) is 5.32 Å². The normalized spacial score (nSPS) is 13.9. The molecule has 0 aromatic carbocycles. The minimum absolute atomic E-state index is 0.707. The van der Waals surface area contributed by atoms with Gasteiger partial charge in [0.15, 0.2) is 0 Å². The molecule has 14 heavy (non-hydrogen) atoms. The Labute approximate surface area is 90.7 Å². The summed E-state index contributed by atoms with van der Waals surface area (Å²) in [6.45, 7) is 11.5. The van der Waals surface area contributed by atoms with Gasteiger partial charge in [-0.1, -0.05) is 47.5 Å². The maximum atomic E-state index is 3.81. The molecule has 0 spiro atoms. The first-order chi connectivity index (χ1) is 6.65. The summed E-state index contributed by atoms with van der Waals surface area (Å²) < 4.78 is 0. The van der Waals surface area contributed by atoms with Crippen LogP contribution in [0.5, 0.6) is 0 Å². The first kappa shape index (κ1) is 14.0. The van der Waals surface area contributed by atoms with E-state index in [1.807, 2.05) is 0 Å². The van der Waals surface area contributed by atoms with E-state index in [0.29, 0.717) is 6.04 Å². The zero-order valence-corrected chi connectivity index (χ0v) is 10.8. The van der Waals surface area contributed by atoms with Gasteiger partial charge in [-0.3, -0.25) is 0 Å². The van der Waals surface area contributed by atoms with E-state index in [2.05, 4.69) is 39.9 Å². The average molecular weight is 199 g/mol.